The second-order valence-corrected chi connectivity index (χ2v) is 5.91. The van der Waals surface area contributed by atoms with E-state index in [-0.39, 0.29) is 11.9 Å². The van der Waals surface area contributed by atoms with E-state index in [1.807, 2.05) is 30.3 Å². The van der Waals surface area contributed by atoms with Gasteiger partial charge in [-0.1, -0.05) is 42.8 Å². The fourth-order valence-corrected chi connectivity index (χ4v) is 2.72. The molecule has 0 saturated carbocycles. The Balaban J connectivity index is 2.04. The molecule has 0 saturated heterocycles. The standard InChI is InChI=1S/C20H25NO2/c1-5-19(16-8-10-18(23-4)11-9-16)21-20(22)13-17-7-6-14(2)12-15(17)3/h6-12,19H,5,13H2,1-4H3,(H,21,22). The molecular formula is C20H25NO2. The number of carbonyl (C=O) groups is 1. The zero-order valence-electron chi connectivity index (χ0n) is 14.3. The lowest BCUT2D eigenvalue weighted by molar-refractivity contribution is -0.121. The van der Waals surface area contributed by atoms with E-state index in [1.165, 1.54) is 5.56 Å². The highest BCUT2D eigenvalue weighted by molar-refractivity contribution is 5.79. The summed E-state index contributed by atoms with van der Waals surface area (Å²) in [7, 11) is 1.65. The zero-order chi connectivity index (χ0) is 16.8. The topological polar surface area (TPSA) is 38.3 Å². The number of hydrogen-bond acceptors (Lipinski definition) is 2. The van der Waals surface area contributed by atoms with Crippen LogP contribution in [-0.4, -0.2) is 13.0 Å². The SMILES string of the molecule is CCC(NC(=O)Cc1ccc(C)cc1C)c1ccc(OC)cc1. The van der Waals surface area contributed by atoms with E-state index in [9.17, 15) is 4.79 Å². The Kier molecular flexibility index (Phi) is 5.80. The highest BCUT2D eigenvalue weighted by Crippen LogP contribution is 2.20. The van der Waals surface area contributed by atoms with Crippen molar-refractivity contribution in [2.75, 3.05) is 7.11 Å². The molecule has 0 radical (unpaired) electrons. The lowest BCUT2D eigenvalue weighted by Gasteiger charge is -2.18. The van der Waals surface area contributed by atoms with Crippen molar-refractivity contribution in [2.45, 2.75) is 39.7 Å². The summed E-state index contributed by atoms with van der Waals surface area (Å²) in [6.07, 6.45) is 1.27. The number of methoxy groups -OCH3 is 1. The normalized spacial score (nSPS) is 11.8. The summed E-state index contributed by atoms with van der Waals surface area (Å²) in [5.41, 5.74) is 4.56. The smallest absolute Gasteiger partial charge is 0.224 e. The van der Waals surface area contributed by atoms with Gasteiger partial charge in [-0.05, 0) is 49.1 Å². The molecule has 0 fully saturated rings. The molecule has 3 nitrogen and oxygen atoms in total. The Bertz CT molecular complexity index is 662. The number of benzene rings is 2. The third-order valence-electron chi connectivity index (χ3n) is 4.11. The van der Waals surface area contributed by atoms with Crippen LogP contribution in [0.15, 0.2) is 42.5 Å². The predicted octanol–water partition coefficient (Wildman–Crippen LogP) is 4.12. The molecule has 0 spiro atoms. The summed E-state index contributed by atoms with van der Waals surface area (Å²) in [5.74, 6) is 0.879. The third kappa shape index (κ3) is 4.59. The quantitative estimate of drug-likeness (QED) is 0.871. The van der Waals surface area contributed by atoms with E-state index >= 15 is 0 Å². The molecule has 1 amide bonds. The lowest BCUT2D eigenvalue weighted by atomic mass is 10.0. The van der Waals surface area contributed by atoms with Crippen molar-refractivity contribution in [2.24, 2.45) is 0 Å². The van der Waals surface area contributed by atoms with Crippen LogP contribution in [0, 0.1) is 13.8 Å². The van der Waals surface area contributed by atoms with Crippen molar-refractivity contribution in [1.82, 2.24) is 5.32 Å². The molecule has 122 valence electrons. The minimum absolute atomic E-state index is 0.0270. The fourth-order valence-electron chi connectivity index (χ4n) is 2.72. The average molecular weight is 311 g/mol. The van der Waals surface area contributed by atoms with Gasteiger partial charge in [-0.2, -0.15) is 0 Å². The molecule has 1 unspecified atom stereocenters. The largest absolute Gasteiger partial charge is 0.497 e. The van der Waals surface area contributed by atoms with Crippen LogP contribution in [-0.2, 0) is 11.2 Å². The minimum atomic E-state index is 0.0270. The molecule has 0 aromatic heterocycles. The molecule has 0 bridgehead atoms. The summed E-state index contributed by atoms with van der Waals surface area (Å²) < 4.78 is 5.18. The summed E-state index contributed by atoms with van der Waals surface area (Å²) in [4.78, 5) is 12.4. The summed E-state index contributed by atoms with van der Waals surface area (Å²) in [6.45, 7) is 6.19. The van der Waals surface area contributed by atoms with E-state index in [0.717, 1.165) is 28.9 Å². The number of amides is 1. The van der Waals surface area contributed by atoms with Crippen molar-refractivity contribution < 1.29 is 9.53 Å². The average Bonchev–Trinajstić information content (AvgIpc) is 2.55. The van der Waals surface area contributed by atoms with Gasteiger partial charge in [0.2, 0.25) is 5.91 Å². The van der Waals surface area contributed by atoms with Gasteiger partial charge in [-0.3, -0.25) is 4.79 Å². The van der Waals surface area contributed by atoms with E-state index < -0.39 is 0 Å². The first kappa shape index (κ1) is 17.1. The van der Waals surface area contributed by atoms with Crippen LogP contribution in [0.3, 0.4) is 0 Å². The molecule has 0 aliphatic carbocycles. The van der Waals surface area contributed by atoms with Gasteiger partial charge in [0.1, 0.15) is 5.75 Å². The summed E-state index contributed by atoms with van der Waals surface area (Å²) >= 11 is 0. The van der Waals surface area contributed by atoms with Gasteiger partial charge in [0.05, 0.1) is 19.6 Å². The Morgan fingerprint density at radius 1 is 1.13 bits per heavy atom. The fraction of sp³-hybridized carbons (Fsp3) is 0.350. The van der Waals surface area contributed by atoms with Gasteiger partial charge in [-0.15, -0.1) is 0 Å². The molecule has 0 aliphatic heterocycles. The molecule has 3 heteroatoms. The van der Waals surface area contributed by atoms with Gasteiger partial charge < -0.3 is 10.1 Å². The number of rotatable bonds is 6. The van der Waals surface area contributed by atoms with Crippen LogP contribution in [0.4, 0.5) is 0 Å². The van der Waals surface area contributed by atoms with Crippen molar-refractivity contribution in [3.63, 3.8) is 0 Å². The number of ether oxygens (including phenoxy) is 1. The second-order valence-electron chi connectivity index (χ2n) is 5.91. The number of aryl methyl sites for hydroxylation is 2. The maximum absolute atomic E-state index is 12.4. The van der Waals surface area contributed by atoms with E-state index in [0.29, 0.717) is 6.42 Å². The summed E-state index contributed by atoms with van der Waals surface area (Å²) in [6, 6.07) is 14.1. The van der Waals surface area contributed by atoms with Gasteiger partial charge in [-0.25, -0.2) is 0 Å². The number of hydrogen-bond donors (Lipinski definition) is 1. The van der Waals surface area contributed by atoms with Crippen LogP contribution in [0.5, 0.6) is 5.75 Å². The molecule has 23 heavy (non-hydrogen) atoms. The van der Waals surface area contributed by atoms with E-state index in [4.69, 9.17) is 4.74 Å². The van der Waals surface area contributed by atoms with Crippen LogP contribution in [0.2, 0.25) is 0 Å². The molecule has 1 N–H and O–H groups in total. The highest BCUT2D eigenvalue weighted by Gasteiger charge is 2.14. The monoisotopic (exact) mass is 311 g/mol. The number of carbonyl (C=O) groups excluding carboxylic acids is 1. The predicted molar refractivity (Wildman–Crippen MR) is 93.8 cm³/mol. The van der Waals surface area contributed by atoms with Crippen molar-refractivity contribution >= 4 is 5.91 Å². The Labute approximate surface area is 138 Å². The zero-order valence-corrected chi connectivity index (χ0v) is 14.3. The second kappa shape index (κ2) is 7.82. The van der Waals surface area contributed by atoms with Gasteiger partial charge >= 0.3 is 0 Å². The number of nitrogens with one attached hydrogen (secondary N) is 1. The molecule has 2 rings (SSSR count). The summed E-state index contributed by atoms with van der Waals surface area (Å²) in [5, 5.41) is 3.13. The van der Waals surface area contributed by atoms with Crippen molar-refractivity contribution in [1.29, 1.82) is 0 Å². The maximum atomic E-state index is 12.4. The Morgan fingerprint density at radius 3 is 2.39 bits per heavy atom. The Hall–Kier alpha value is -2.29. The first-order valence-corrected chi connectivity index (χ1v) is 8.03. The molecule has 2 aromatic carbocycles. The van der Waals surface area contributed by atoms with Crippen molar-refractivity contribution in [3.8, 4) is 5.75 Å². The Morgan fingerprint density at radius 2 is 1.83 bits per heavy atom. The molecule has 1 atom stereocenters. The first-order chi connectivity index (χ1) is 11.0. The highest BCUT2D eigenvalue weighted by atomic mass is 16.5. The third-order valence-corrected chi connectivity index (χ3v) is 4.11. The van der Waals surface area contributed by atoms with Gasteiger partial charge in [0.15, 0.2) is 0 Å². The molecular weight excluding hydrogens is 286 g/mol. The lowest BCUT2D eigenvalue weighted by Crippen LogP contribution is -2.29. The molecule has 2 aromatic rings. The van der Waals surface area contributed by atoms with Crippen LogP contribution < -0.4 is 10.1 Å². The van der Waals surface area contributed by atoms with E-state index in [1.54, 1.807) is 7.11 Å². The molecule has 0 aliphatic rings. The van der Waals surface area contributed by atoms with E-state index in [2.05, 4.69) is 38.2 Å². The van der Waals surface area contributed by atoms with Crippen LogP contribution in [0.25, 0.3) is 0 Å². The minimum Gasteiger partial charge on any atom is -0.497 e. The maximum Gasteiger partial charge on any atom is 0.224 e. The molecule has 0 heterocycles. The van der Waals surface area contributed by atoms with Crippen LogP contribution in [0.1, 0.15) is 41.6 Å². The van der Waals surface area contributed by atoms with Gasteiger partial charge in [0.25, 0.3) is 0 Å². The van der Waals surface area contributed by atoms with Crippen molar-refractivity contribution in [3.05, 3.63) is 64.7 Å². The first-order valence-electron chi connectivity index (χ1n) is 8.03. The van der Waals surface area contributed by atoms with Gasteiger partial charge in [0, 0.05) is 0 Å². The van der Waals surface area contributed by atoms with Crippen LogP contribution >= 0.6 is 0 Å².